The Balaban J connectivity index is 1.76. The molecule has 0 spiro atoms. The zero-order chi connectivity index (χ0) is 13.9. The van der Waals surface area contributed by atoms with Gasteiger partial charge in [-0.1, -0.05) is 15.9 Å². The van der Waals surface area contributed by atoms with Crippen molar-refractivity contribution in [1.29, 1.82) is 0 Å². The van der Waals surface area contributed by atoms with Gasteiger partial charge in [-0.3, -0.25) is 14.5 Å². The normalized spacial score (nSPS) is 10.4. The molecule has 1 amide bonds. The second-order valence-corrected chi connectivity index (χ2v) is 4.73. The Morgan fingerprint density at radius 1 is 1.20 bits per heavy atom. The van der Waals surface area contributed by atoms with Gasteiger partial charge in [0.15, 0.2) is 0 Å². The van der Waals surface area contributed by atoms with Crippen molar-refractivity contribution in [2.45, 2.75) is 0 Å². The molecule has 2 heterocycles. The quantitative estimate of drug-likeness (QED) is 0.754. The summed E-state index contributed by atoms with van der Waals surface area (Å²) in [5.74, 6) is 0.0340. The van der Waals surface area contributed by atoms with Crippen molar-refractivity contribution in [1.82, 2.24) is 29.9 Å². The minimum absolute atomic E-state index is 0.108. The average molecular weight is 334 g/mol. The summed E-state index contributed by atoms with van der Waals surface area (Å²) in [6.45, 7) is 0. The van der Waals surface area contributed by atoms with Gasteiger partial charge in [-0.25, -0.2) is 0 Å². The number of amides is 1. The summed E-state index contributed by atoms with van der Waals surface area (Å²) in [5, 5.41) is 16.5. The largest absolute Gasteiger partial charge is 0.319 e. The van der Waals surface area contributed by atoms with E-state index in [2.05, 4.69) is 46.6 Å². The Labute approximate surface area is 121 Å². The summed E-state index contributed by atoms with van der Waals surface area (Å²) in [4.78, 5) is 16.0. The fourth-order valence-electron chi connectivity index (χ4n) is 1.50. The van der Waals surface area contributed by atoms with E-state index in [4.69, 9.17) is 0 Å². The van der Waals surface area contributed by atoms with Gasteiger partial charge in [-0.2, -0.15) is 4.98 Å². The van der Waals surface area contributed by atoms with Crippen molar-refractivity contribution in [3.8, 4) is 5.95 Å². The lowest BCUT2D eigenvalue weighted by molar-refractivity contribution is 0.101. The van der Waals surface area contributed by atoms with E-state index in [-0.39, 0.29) is 11.7 Å². The van der Waals surface area contributed by atoms with Crippen LogP contribution in [0.5, 0.6) is 0 Å². The molecule has 2 aromatic heterocycles. The van der Waals surface area contributed by atoms with Gasteiger partial charge < -0.3 is 5.32 Å². The van der Waals surface area contributed by atoms with Gasteiger partial charge in [0, 0.05) is 10.2 Å². The van der Waals surface area contributed by atoms with E-state index in [0.29, 0.717) is 11.6 Å². The minimum Gasteiger partial charge on any atom is -0.319 e. The molecule has 2 N–H and O–H groups in total. The molecule has 9 heteroatoms. The van der Waals surface area contributed by atoms with E-state index >= 15 is 0 Å². The number of nitrogens with one attached hydrogen (secondary N) is 2. The number of nitrogens with zero attached hydrogens (tertiary/aromatic N) is 5. The maximum Gasteiger partial charge on any atom is 0.293 e. The first-order valence-corrected chi connectivity index (χ1v) is 6.36. The molecule has 3 rings (SSSR count). The third kappa shape index (κ3) is 2.57. The SMILES string of the molecule is O=C(Nc1ccc(Br)cc1)c1nc(-n2cnnc2)n[nH]1. The van der Waals surface area contributed by atoms with E-state index in [1.54, 1.807) is 12.1 Å². The molecule has 0 atom stereocenters. The predicted octanol–water partition coefficient (Wildman–Crippen LogP) is 1.40. The van der Waals surface area contributed by atoms with Crippen LogP contribution in [0.25, 0.3) is 5.95 Å². The molecule has 0 fully saturated rings. The van der Waals surface area contributed by atoms with Crippen molar-refractivity contribution >= 4 is 27.5 Å². The third-order valence-corrected chi connectivity index (χ3v) is 2.97. The zero-order valence-corrected chi connectivity index (χ0v) is 11.6. The maximum atomic E-state index is 12.0. The summed E-state index contributed by atoms with van der Waals surface area (Å²) in [6, 6.07) is 7.22. The lowest BCUT2D eigenvalue weighted by Crippen LogP contribution is -2.13. The summed E-state index contributed by atoms with van der Waals surface area (Å²) < 4.78 is 2.43. The predicted molar refractivity (Wildman–Crippen MR) is 73.4 cm³/mol. The number of halogens is 1. The number of H-pyrrole nitrogens is 1. The minimum atomic E-state index is -0.376. The van der Waals surface area contributed by atoms with Crippen LogP contribution in [-0.2, 0) is 0 Å². The van der Waals surface area contributed by atoms with Gasteiger partial charge in [-0.05, 0) is 24.3 Å². The van der Waals surface area contributed by atoms with Crippen molar-refractivity contribution in [2.24, 2.45) is 0 Å². The molecule has 100 valence electrons. The number of aromatic nitrogens is 6. The van der Waals surface area contributed by atoms with Crippen molar-refractivity contribution in [3.05, 3.63) is 47.2 Å². The molecule has 0 aliphatic carbocycles. The van der Waals surface area contributed by atoms with Gasteiger partial charge in [0.2, 0.25) is 5.82 Å². The van der Waals surface area contributed by atoms with Crippen LogP contribution in [0.2, 0.25) is 0 Å². The third-order valence-electron chi connectivity index (χ3n) is 2.44. The van der Waals surface area contributed by atoms with Crippen LogP contribution in [-0.4, -0.2) is 35.9 Å². The summed E-state index contributed by atoms with van der Waals surface area (Å²) >= 11 is 3.33. The molecule has 3 aromatic rings. The highest BCUT2D eigenvalue weighted by Crippen LogP contribution is 2.14. The number of hydrogen-bond acceptors (Lipinski definition) is 5. The highest BCUT2D eigenvalue weighted by molar-refractivity contribution is 9.10. The molecule has 8 nitrogen and oxygen atoms in total. The first-order valence-electron chi connectivity index (χ1n) is 5.57. The second-order valence-electron chi connectivity index (χ2n) is 3.81. The van der Waals surface area contributed by atoms with Gasteiger partial charge in [0.1, 0.15) is 12.7 Å². The van der Waals surface area contributed by atoms with E-state index in [1.807, 2.05) is 12.1 Å². The molecule has 0 radical (unpaired) electrons. The van der Waals surface area contributed by atoms with Gasteiger partial charge in [-0.15, -0.1) is 15.3 Å². The summed E-state index contributed by atoms with van der Waals surface area (Å²) in [6.07, 6.45) is 2.89. The Morgan fingerprint density at radius 3 is 2.60 bits per heavy atom. The molecule has 0 aliphatic rings. The zero-order valence-electron chi connectivity index (χ0n) is 9.99. The molecular formula is C11H8BrN7O. The highest BCUT2D eigenvalue weighted by Gasteiger charge is 2.13. The Kier molecular flexibility index (Phi) is 3.25. The molecule has 1 aromatic carbocycles. The highest BCUT2D eigenvalue weighted by atomic mass is 79.9. The summed E-state index contributed by atoms with van der Waals surface area (Å²) in [7, 11) is 0. The Hall–Kier alpha value is -2.55. The molecule has 0 saturated carbocycles. The van der Waals surface area contributed by atoms with Crippen molar-refractivity contribution in [3.63, 3.8) is 0 Å². The van der Waals surface area contributed by atoms with Crippen molar-refractivity contribution < 1.29 is 4.79 Å². The fraction of sp³-hybridized carbons (Fsp3) is 0. The van der Waals surface area contributed by atoms with Crippen molar-refractivity contribution in [2.75, 3.05) is 5.32 Å². The van der Waals surface area contributed by atoms with Crippen LogP contribution in [0.4, 0.5) is 5.69 Å². The Bertz CT molecular complexity index is 720. The maximum absolute atomic E-state index is 12.0. The standard InChI is InChI=1S/C11H8BrN7O/c12-7-1-3-8(4-2-7)15-10(20)9-16-11(18-17-9)19-5-13-14-6-19/h1-6H,(H,15,20)(H,16,17,18). The van der Waals surface area contributed by atoms with Crippen LogP contribution >= 0.6 is 15.9 Å². The van der Waals surface area contributed by atoms with E-state index in [0.717, 1.165) is 4.47 Å². The Morgan fingerprint density at radius 2 is 1.90 bits per heavy atom. The molecule has 0 unspecified atom stereocenters. The first kappa shape index (κ1) is 12.5. The van der Waals surface area contributed by atoms with Crippen LogP contribution < -0.4 is 5.32 Å². The van der Waals surface area contributed by atoms with Crippen LogP contribution in [0.3, 0.4) is 0 Å². The van der Waals surface area contributed by atoms with Gasteiger partial charge in [0.25, 0.3) is 11.9 Å². The monoisotopic (exact) mass is 333 g/mol. The lowest BCUT2D eigenvalue weighted by Gasteiger charge is -2.02. The molecular weight excluding hydrogens is 326 g/mol. The molecule has 0 aliphatic heterocycles. The number of carbonyl (C=O) groups excluding carboxylic acids is 1. The van der Waals surface area contributed by atoms with Gasteiger partial charge >= 0.3 is 0 Å². The number of hydrogen-bond donors (Lipinski definition) is 2. The van der Waals surface area contributed by atoms with E-state index < -0.39 is 0 Å². The second kappa shape index (κ2) is 5.21. The number of carbonyl (C=O) groups is 1. The molecule has 20 heavy (non-hydrogen) atoms. The smallest absolute Gasteiger partial charge is 0.293 e. The first-order chi connectivity index (χ1) is 9.72. The van der Waals surface area contributed by atoms with Crippen LogP contribution in [0.15, 0.2) is 41.4 Å². The number of anilines is 1. The average Bonchev–Trinajstić information content (AvgIpc) is 3.11. The van der Waals surface area contributed by atoms with Gasteiger partial charge in [0.05, 0.1) is 0 Å². The van der Waals surface area contributed by atoms with Crippen LogP contribution in [0.1, 0.15) is 10.6 Å². The number of benzene rings is 1. The topological polar surface area (TPSA) is 101 Å². The number of aromatic amines is 1. The molecule has 0 bridgehead atoms. The lowest BCUT2D eigenvalue weighted by atomic mass is 10.3. The van der Waals surface area contributed by atoms with Crippen LogP contribution in [0, 0.1) is 0 Å². The fourth-order valence-corrected chi connectivity index (χ4v) is 1.76. The number of rotatable bonds is 3. The summed E-state index contributed by atoms with van der Waals surface area (Å²) in [5.41, 5.74) is 0.667. The van der Waals surface area contributed by atoms with E-state index in [9.17, 15) is 4.79 Å². The molecule has 0 saturated heterocycles. The van der Waals surface area contributed by atoms with E-state index in [1.165, 1.54) is 17.2 Å².